The van der Waals surface area contributed by atoms with Gasteiger partial charge in [-0.1, -0.05) is 310 Å². The highest BCUT2D eigenvalue weighted by molar-refractivity contribution is 7.47. The minimum atomic E-state index is -4.42. The van der Waals surface area contributed by atoms with Gasteiger partial charge in [-0.25, -0.2) is 4.57 Å². The molecule has 10 heteroatoms. The van der Waals surface area contributed by atoms with Crippen molar-refractivity contribution in [2.75, 3.05) is 26.4 Å². The number of carbonyl (C=O) groups is 2. The van der Waals surface area contributed by atoms with Gasteiger partial charge in [0.15, 0.2) is 6.10 Å². The third-order valence-electron chi connectivity index (χ3n) is 14.4. The number of phosphoric ester groups is 1. The van der Waals surface area contributed by atoms with Gasteiger partial charge in [0.05, 0.1) is 13.2 Å². The highest BCUT2D eigenvalue weighted by Gasteiger charge is 2.26. The van der Waals surface area contributed by atoms with Crippen LogP contribution in [0.5, 0.6) is 0 Å². The molecule has 0 aliphatic carbocycles. The molecule has 0 aromatic heterocycles. The molecule has 0 radical (unpaired) electrons. The van der Waals surface area contributed by atoms with Crippen molar-refractivity contribution in [3.63, 3.8) is 0 Å². The molecule has 0 bridgehead atoms. The minimum absolute atomic E-state index is 0.0350. The smallest absolute Gasteiger partial charge is 0.462 e. The molecule has 0 fully saturated rings. The average Bonchev–Trinajstić information content (AvgIpc) is 3.60. The molecule has 2 atom stereocenters. The van der Waals surface area contributed by atoms with E-state index in [1.165, 1.54) is 70.6 Å². The largest absolute Gasteiger partial charge is 0.472 e. The third-order valence-corrected chi connectivity index (χ3v) is 15.3. The second-order valence-electron chi connectivity index (χ2n) is 23.0. The van der Waals surface area contributed by atoms with Crippen LogP contribution in [-0.2, 0) is 32.7 Å². The molecule has 0 saturated heterocycles. The Balaban J connectivity index is 4.05. The van der Waals surface area contributed by atoms with Crippen LogP contribution in [0.1, 0.15) is 258 Å². The molecule has 9 nitrogen and oxygen atoms in total. The first kappa shape index (κ1) is 87.3. The van der Waals surface area contributed by atoms with Crippen molar-refractivity contribution in [1.82, 2.24) is 0 Å². The van der Waals surface area contributed by atoms with Gasteiger partial charge in [0.25, 0.3) is 0 Å². The maximum Gasteiger partial charge on any atom is 0.472 e. The van der Waals surface area contributed by atoms with E-state index in [2.05, 4.69) is 233 Å². The molecule has 0 amide bonds. The Morgan fingerprint density at radius 2 is 0.559 bits per heavy atom. The quantitative estimate of drug-likeness (QED) is 0.0264. The summed E-state index contributed by atoms with van der Waals surface area (Å²) in [6, 6.07) is 0. The number of unbranched alkanes of at least 4 members (excludes halogenated alkanes) is 16. The van der Waals surface area contributed by atoms with Crippen molar-refractivity contribution >= 4 is 19.8 Å². The van der Waals surface area contributed by atoms with Crippen molar-refractivity contribution in [1.29, 1.82) is 0 Å². The van der Waals surface area contributed by atoms with E-state index in [-0.39, 0.29) is 32.6 Å². The molecule has 520 valence electrons. The van der Waals surface area contributed by atoms with E-state index in [1.54, 1.807) is 0 Å². The van der Waals surface area contributed by atoms with Gasteiger partial charge in [0, 0.05) is 19.4 Å². The van der Waals surface area contributed by atoms with Crippen LogP contribution in [0.15, 0.2) is 219 Å². The van der Waals surface area contributed by atoms with E-state index in [9.17, 15) is 19.0 Å². The maximum absolute atomic E-state index is 12.8. The lowest BCUT2D eigenvalue weighted by Crippen LogP contribution is -2.29. The molecule has 2 unspecified atom stereocenters. The van der Waals surface area contributed by atoms with Crippen molar-refractivity contribution < 1.29 is 37.6 Å². The van der Waals surface area contributed by atoms with Crippen molar-refractivity contribution in [2.24, 2.45) is 5.73 Å². The number of phosphoric acid groups is 1. The molecule has 0 aliphatic rings. The molecular formula is C83H130NO8P. The lowest BCUT2D eigenvalue weighted by molar-refractivity contribution is -0.161. The topological polar surface area (TPSA) is 134 Å². The Bertz CT molecular complexity index is 2330. The number of carbonyl (C=O) groups excluding carboxylic acids is 2. The molecule has 0 spiro atoms. The molecule has 0 aromatic carbocycles. The highest BCUT2D eigenvalue weighted by atomic mass is 31.2. The second kappa shape index (κ2) is 75.4. The molecule has 3 N–H and O–H groups in total. The van der Waals surface area contributed by atoms with E-state index in [0.717, 1.165) is 148 Å². The molecular weight excluding hydrogens is 1170 g/mol. The fraction of sp³-hybridized carbons (Fsp3) is 0.542. The zero-order valence-electron chi connectivity index (χ0n) is 58.4. The third kappa shape index (κ3) is 75.2. The Morgan fingerprint density at radius 3 is 0.849 bits per heavy atom. The van der Waals surface area contributed by atoms with Crippen LogP contribution in [0, 0.1) is 0 Å². The predicted octanol–water partition coefficient (Wildman–Crippen LogP) is 24.4. The minimum Gasteiger partial charge on any atom is -0.462 e. The summed E-state index contributed by atoms with van der Waals surface area (Å²) in [6.07, 6.45) is 117. The van der Waals surface area contributed by atoms with Crippen LogP contribution >= 0.6 is 7.82 Å². The first-order valence-electron chi connectivity index (χ1n) is 36.2. The van der Waals surface area contributed by atoms with Gasteiger partial charge in [-0.3, -0.25) is 18.6 Å². The summed E-state index contributed by atoms with van der Waals surface area (Å²) in [4.78, 5) is 35.4. The van der Waals surface area contributed by atoms with Gasteiger partial charge in [0.2, 0.25) is 0 Å². The lowest BCUT2D eigenvalue weighted by Gasteiger charge is -2.19. The monoisotopic (exact) mass is 1300 g/mol. The summed E-state index contributed by atoms with van der Waals surface area (Å²) in [5.74, 6) is -0.893. The van der Waals surface area contributed by atoms with Crippen molar-refractivity contribution in [2.45, 2.75) is 264 Å². The van der Waals surface area contributed by atoms with Crippen LogP contribution in [0.2, 0.25) is 0 Å². The summed E-state index contributed by atoms with van der Waals surface area (Å²) in [7, 11) is -4.42. The Morgan fingerprint density at radius 1 is 0.323 bits per heavy atom. The van der Waals surface area contributed by atoms with Gasteiger partial charge < -0.3 is 20.1 Å². The van der Waals surface area contributed by atoms with E-state index in [0.29, 0.717) is 12.8 Å². The van der Waals surface area contributed by atoms with Gasteiger partial charge in [-0.2, -0.15) is 0 Å². The van der Waals surface area contributed by atoms with Crippen LogP contribution in [-0.4, -0.2) is 49.3 Å². The maximum atomic E-state index is 12.8. The molecule has 93 heavy (non-hydrogen) atoms. The van der Waals surface area contributed by atoms with Crippen LogP contribution in [0.4, 0.5) is 0 Å². The molecule has 0 aromatic rings. The number of ether oxygens (including phenoxy) is 2. The molecule has 0 saturated carbocycles. The summed E-state index contributed by atoms with van der Waals surface area (Å²) >= 11 is 0. The normalized spacial score (nSPS) is 14.2. The summed E-state index contributed by atoms with van der Waals surface area (Å²) in [5.41, 5.74) is 5.40. The number of hydrogen-bond donors (Lipinski definition) is 2. The first-order valence-corrected chi connectivity index (χ1v) is 37.7. The number of rotatable bonds is 65. The van der Waals surface area contributed by atoms with Crippen molar-refractivity contribution in [3.8, 4) is 0 Å². The standard InChI is InChI=1S/C83H130NO8P/c1-3-5-7-9-11-13-15-17-19-21-23-25-27-29-31-33-35-37-38-39-40-41-42-44-46-48-50-52-54-56-58-60-62-64-66-68-70-72-74-76-83(86)92-81(80-91-93(87,88)90-78-77-84)79-89-82(85)75-73-71-69-67-65-63-61-59-57-55-53-51-49-47-45-43-36-34-32-30-28-26-24-22-20-18-16-14-12-10-8-6-4-2/h5-8,11-14,17-20,23-26,29-32,35-37,39-40,42-44,48,50,54,56,60,62,66,68,81H,3-4,9-10,15-16,21-22,27-28,33-34,38,41,45-47,49,51-53,55,57-59,61,63-65,67,69-80,84H2,1-2H3,(H,87,88)/b7-5-,8-6-,13-11-,14-12-,19-17-,20-18-,25-23-,26-24-,31-29-,32-30-,37-35-,40-39-,43-36-,44-42-,50-48-,56-54-,62-60-,68-66-. The van der Waals surface area contributed by atoms with Gasteiger partial charge in [0.1, 0.15) is 6.61 Å². The van der Waals surface area contributed by atoms with Gasteiger partial charge in [-0.15, -0.1) is 0 Å². The highest BCUT2D eigenvalue weighted by Crippen LogP contribution is 2.43. The number of esters is 2. The van der Waals surface area contributed by atoms with E-state index in [4.69, 9.17) is 24.3 Å². The Kier molecular flexibility index (Phi) is 70.8. The number of hydrogen-bond acceptors (Lipinski definition) is 8. The summed E-state index contributed by atoms with van der Waals surface area (Å²) in [5, 5.41) is 0. The Labute approximate surface area is 569 Å². The fourth-order valence-electron chi connectivity index (χ4n) is 9.09. The number of allylic oxidation sites excluding steroid dienone is 36. The Hall–Kier alpha value is -5.67. The lowest BCUT2D eigenvalue weighted by atomic mass is 10.0. The zero-order chi connectivity index (χ0) is 67.2. The summed E-state index contributed by atoms with van der Waals surface area (Å²) in [6.45, 7) is 3.45. The van der Waals surface area contributed by atoms with Crippen LogP contribution in [0.25, 0.3) is 0 Å². The van der Waals surface area contributed by atoms with Crippen LogP contribution < -0.4 is 5.73 Å². The average molecular weight is 1300 g/mol. The van der Waals surface area contributed by atoms with E-state index in [1.807, 2.05) is 0 Å². The van der Waals surface area contributed by atoms with Gasteiger partial charge >= 0.3 is 19.8 Å². The molecule has 0 aliphatic heterocycles. The predicted molar refractivity (Wildman–Crippen MR) is 403 cm³/mol. The van der Waals surface area contributed by atoms with E-state index >= 15 is 0 Å². The van der Waals surface area contributed by atoms with Crippen LogP contribution in [0.3, 0.4) is 0 Å². The molecule has 0 rings (SSSR count). The SMILES string of the molecule is CC/C=C\C/C=C\C/C=C\C/C=C\C/C=C\C/C=C\C/C=C\C/C=C\C/C=C\C/C=C\C/C=C\C/C=C\CCCCC(=O)OC(COC(=O)CCCCCCCCCCCCCCCC/C=C\C/C=C\C/C=C\C/C=C\C/C=C\C/C=C\CC)COP(=O)(O)OCCN. The first-order chi connectivity index (χ1) is 45.8. The van der Waals surface area contributed by atoms with Crippen molar-refractivity contribution in [3.05, 3.63) is 219 Å². The zero-order valence-corrected chi connectivity index (χ0v) is 59.3. The van der Waals surface area contributed by atoms with E-state index < -0.39 is 32.5 Å². The number of nitrogens with two attached hydrogens (primary N) is 1. The molecule has 0 heterocycles. The summed E-state index contributed by atoms with van der Waals surface area (Å²) < 4.78 is 33.1. The second-order valence-corrected chi connectivity index (χ2v) is 24.4. The van der Waals surface area contributed by atoms with Gasteiger partial charge in [-0.05, 0) is 154 Å². The fourth-order valence-corrected chi connectivity index (χ4v) is 9.86.